The fourth-order valence-electron chi connectivity index (χ4n) is 2.29. The van der Waals surface area contributed by atoms with Crippen molar-refractivity contribution in [3.05, 3.63) is 83.9 Å². The van der Waals surface area contributed by atoms with E-state index in [-0.39, 0.29) is 6.04 Å². The molecule has 3 aromatic carbocycles. The molecule has 1 nitrogen and oxygen atoms in total. The zero-order valence-electron chi connectivity index (χ0n) is 11.5. The highest BCUT2D eigenvalue weighted by Gasteiger charge is 2.03. The van der Waals surface area contributed by atoms with Crippen LogP contribution in [0, 0.1) is 0 Å². The highest BCUT2D eigenvalue weighted by molar-refractivity contribution is 5.83. The molecular weight excluding hydrogens is 242 g/mol. The van der Waals surface area contributed by atoms with Crippen molar-refractivity contribution >= 4 is 17.0 Å². The van der Waals surface area contributed by atoms with Gasteiger partial charge in [-0.3, -0.25) is 4.99 Å². The molecule has 0 radical (unpaired) electrons. The monoisotopic (exact) mass is 259 g/mol. The summed E-state index contributed by atoms with van der Waals surface area (Å²) in [7, 11) is 0. The Balaban J connectivity index is 1.85. The Labute approximate surface area is 119 Å². The molecule has 0 aliphatic heterocycles. The Kier molecular flexibility index (Phi) is 3.60. The fraction of sp³-hybridized carbons (Fsp3) is 0.105. The van der Waals surface area contributed by atoms with Crippen LogP contribution in [-0.2, 0) is 0 Å². The second kappa shape index (κ2) is 5.70. The van der Waals surface area contributed by atoms with E-state index < -0.39 is 0 Å². The Morgan fingerprint density at radius 3 is 2.30 bits per heavy atom. The summed E-state index contributed by atoms with van der Waals surface area (Å²) in [5, 5.41) is 2.54. The molecule has 0 N–H and O–H groups in total. The van der Waals surface area contributed by atoms with E-state index >= 15 is 0 Å². The minimum Gasteiger partial charge on any atom is -0.285 e. The summed E-state index contributed by atoms with van der Waals surface area (Å²) in [6, 6.07) is 25.4. The van der Waals surface area contributed by atoms with Gasteiger partial charge in [-0.1, -0.05) is 66.7 Å². The first-order valence-corrected chi connectivity index (χ1v) is 6.90. The number of benzene rings is 3. The Morgan fingerprint density at radius 1 is 0.800 bits per heavy atom. The first-order chi connectivity index (χ1) is 9.83. The maximum absolute atomic E-state index is 4.65. The molecule has 0 unspecified atom stereocenters. The van der Waals surface area contributed by atoms with Crippen LogP contribution < -0.4 is 0 Å². The lowest BCUT2D eigenvalue weighted by Crippen LogP contribution is -1.91. The lowest BCUT2D eigenvalue weighted by atomic mass is 10.0. The first kappa shape index (κ1) is 12.6. The average Bonchev–Trinajstić information content (AvgIpc) is 2.53. The molecule has 0 aliphatic carbocycles. The van der Waals surface area contributed by atoms with Gasteiger partial charge in [-0.25, -0.2) is 0 Å². The number of fused-ring (bicyclic) bond motifs is 1. The Bertz CT molecular complexity index is 729. The second-order valence-electron chi connectivity index (χ2n) is 4.97. The fourth-order valence-corrected chi connectivity index (χ4v) is 2.29. The topological polar surface area (TPSA) is 12.4 Å². The molecule has 0 spiro atoms. The molecule has 0 saturated carbocycles. The van der Waals surface area contributed by atoms with Crippen molar-refractivity contribution < 1.29 is 0 Å². The Hall–Kier alpha value is -2.41. The van der Waals surface area contributed by atoms with E-state index in [4.69, 9.17) is 0 Å². The van der Waals surface area contributed by atoms with Gasteiger partial charge in [0.15, 0.2) is 0 Å². The van der Waals surface area contributed by atoms with E-state index in [9.17, 15) is 0 Å². The van der Waals surface area contributed by atoms with E-state index in [0.717, 1.165) is 5.56 Å². The SMILES string of the molecule is C[C@@H](/N=C/c1ccccc1)c1ccc2ccccc2c1. The van der Waals surface area contributed by atoms with Gasteiger partial charge in [0.05, 0.1) is 6.04 Å². The van der Waals surface area contributed by atoms with Gasteiger partial charge in [0.2, 0.25) is 0 Å². The molecule has 20 heavy (non-hydrogen) atoms. The molecule has 1 heteroatoms. The summed E-state index contributed by atoms with van der Waals surface area (Å²) < 4.78 is 0. The van der Waals surface area contributed by atoms with Crippen LogP contribution in [-0.4, -0.2) is 6.21 Å². The van der Waals surface area contributed by atoms with Crippen LogP contribution in [0.1, 0.15) is 24.1 Å². The van der Waals surface area contributed by atoms with Crippen molar-refractivity contribution in [2.24, 2.45) is 4.99 Å². The second-order valence-corrected chi connectivity index (χ2v) is 4.97. The molecule has 3 rings (SSSR count). The van der Waals surface area contributed by atoms with E-state index in [2.05, 4.69) is 66.5 Å². The van der Waals surface area contributed by atoms with Crippen LogP contribution in [0.15, 0.2) is 77.8 Å². The molecule has 1 atom stereocenters. The van der Waals surface area contributed by atoms with Crippen molar-refractivity contribution in [1.29, 1.82) is 0 Å². The lowest BCUT2D eigenvalue weighted by Gasteiger charge is -2.08. The third-order valence-corrected chi connectivity index (χ3v) is 3.50. The van der Waals surface area contributed by atoms with Crippen LogP contribution in [0.5, 0.6) is 0 Å². The van der Waals surface area contributed by atoms with Gasteiger partial charge >= 0.3 is 0 Å². The predicted octanol–water partition coefficient (Wildman–Crippen LogP) is 5.02. The van der Waals surface area contributed by atoms with Gasteiger partial charge < -0.3 is 0 Å². The van der Waals surface area contributed by atoms with Gasteiger partial charge in [0.25, 0.3) is 0 Å². The normalized spacial score (nSPS) is 12.8. The third kappa shape index (κ3) is 2.77. The molecule has 0 aliphatic rings. The van der Waals surface area contributed by atoms with Crippen molar-refractivity contribution in [2.45, 2.75) is 13.0 Å². The van der Waals surface area contributed by atoms with Crippen LogP contribution in [0.3, 0.4) is 0 Å². The Morgan fingerprint density at radius 2 is 1.50 bits per heavy atom. The lowest BCUT2D eigenvalue weighted by molar-refractivity contribution is 0.827. The molecule has 0 amide bonds. The minimum atomic E-state index is 0.166. The van der Waals surface area contributed by atoms with Crippen molar-refractivity contribution in [1.82, 2.24) is 0 Å². The zero-order valence-corrected chi connectivity index (χ0v) is 11.5. The van der Waals surface area contributed by atoms with Gasteiger partial charge in [0, 0.05) is 6.21 Å². The maximum atomic E-state index is 4.65. The van der Waals surface area contributed by atoms with Gasteiger partial charge in [0.1, 0.15) is 0 Å². The van der Waals surface area contributed by atoms with Crippen molar-refractivity contribution in [3.8, 4) is 0 Å². The summed E-state index contributed by atoms with van der Waals surface area (Å²) in [5.74, 6) is 0. The summed E-state index contributed by atoms with van der Waals surface area (Å²) >= 11 is 0. The van der Waals surface area contributed by atoms with E-state index in [1.165, 1.54) is 16.3 Å². The van der Waals surface area contributed by atoms with Crippen LogP contribution in [0.2, 0.25) is 0 Å². The van der Waals surface area contributed by atoms with Gasteiger partial charge in [-0.2, -0.15) is 0 Å². The molecule has 3 aromatic rings. The van der Waals surface area contributed by atoms with E-state index in [1.54, 1.807) is 0 Å². The smallest absolute Gasteiger partial charge is 0.0721 e. The van der Waals surface area contributed by atoms with Crippen LogP contribution >= 0.6 is 0 Å². The number of nitrogens with zero attached hydrogens (tertiary/aromatic N) is 1. The largest absolute Gasteiger partial charge is 0.285 e. The van der Waals surface area contributed by atoms with Crippen molar-refractivity contribution in [2.75, 3.05) is 0 Å². The highest BCUT2D eigenvalue weighted by atomic mass is 14.8. The molecule has 0 fully saturated rings. The standard InChI is InChI=1S/C19H17N/c1-15(20-14-16-7-3-2-4-8-16)18-12-11-17-9-5-6-10-19(17)13-18/h2-15H,1H3/b20-14+/t15-/m1/s1. The highest BCUT2D eigenvalue weighted by Crippen LogP contribution is 2.22. The van der Waals surface area contributed by atoms with Gasteiger partial charge in [-0.05, 0) is 34.9 Å². The summed E-state index contributed by atoms with van der Waals surface area (Å²) in [4.78, 5) is 4.65. The molecule has 0 bridgehead atoms. The van der Waals surface area contributed by atoms with Crippen LogP contribution in [0.25, 0.3) is 10.8 Å². The first-order valence-electron chi connectivity index (χ1n) is 6.90. The summed E-state index contributed by atoms with van der Waals surface area (Å²) in [5.41, 5.74) is 2.39. The number of hydrogen-bond donors (Lipinski definition) is 0. The van der Waals surface area contributed by atoms with E-state index in [0.29, 0.717) is 0 Å². The average molecular weight is 259 g/mol. The van der Waals surface area contributed by atoms with E-state index in [1.807, 2.05) is 24.4 Å². The number of aliphatic imine (C=N–C) groups is 1. The van der Waals surface area contributed by atoms with Gasteiger partial charge in [-0.15, -0.1) is 0 Å². The van der Waals surface area contributed by atoms with Crippen molar-refractivity contribution in [3.63, 3.8) is 0 Å². The predicted molar refractivity (Wildman–Crippen MR) is 86.4 cm³/mol. The maximum Gasteiger partial charge on any atom is 0.0721 e. The third-order valence-electron chi connectivity index (χ3n) is 3.50. The number of hydrogen-bond acceptors (Lipinski definition) is 1. The molecular formula is C19H17N. The minimum absolute atomic E-state index is 0.166. The molecule has 0 heterocycles. The zero-order chi connectivity index (χ0) is 13.8. The quantitative estimate of drug-likeness (QED) is 0.586. The molecule has 0 saturated heterocycles. The molecule has 98 valence electrons. The summed E-state index contributed by atoms with van der Waals surface area (Å²) in [6.45, 7) is 2.13. The summed E-state index contributed by atoms with van der Waals surface area (Å²) in [6.07, 6.45) is 1.94. The number of rotatable bonds is 3. The molecule has 0 aromatic heterocycles. The van der Waals surface area contributed by atoms with Crippen LogP contribution in [0.4, 0.5) is 0 Å².